The molecule has 1 fully saturated rings. The Bertz CT molecular complexity index is 800. The predicted octanol–water partition coefficient (Wildman–Crippen LogP) is 0.102. The van der Waals surface area contributed by atoms with E-state index >= 15 is 0 Å². The zero-order chi connectivity index (χ0) is 18.8. The number of carbonyl (C=O) groups excluding carboxylic acids is 2. The van der Waals surface area contributed by atoms with Crippen molar-refractivity contribution < 1.29 is 22.7 Å². The number of piperidine rings is 1. The lowest BCUT2D eigenvalue weighted by atomic mass is 9.79. The van der Waals surface area contributed by atoms with E-state index in [1.807, 2.05) is 0 Å². The van der Waals surface area contributed by atoms with Gasteiger partial charge in [0.25, 0.3) is 0 Å². The fourth-order valence-corrected chi connectivity index (χ4v) is 4.56. The molecule has 0 radical (unpaired) electrons. The Morgan fingerprint density at radius 3 is 2.65 bits per heavy atom. The molecule has 2 aliphatic heterocycles. The van der Waals surface area contributed by atoms with Crippen LogP contribution in [-0.4, -0.2) is 57.9 Å². The van der Waals surface area contributed by atoms with Gasteiger partial charge in [-0.05, 0) is 25.0 Å². The minimum absolute atomic E-state index is 0.0150. The van der Waals surface area contributed by atoms with Crippen LogP contribution in [0.15, 0.2) is 29.2 Å². The molecule has 2 N–H and O–H groups in total. The van der Waals surface area contributed by atoms with Crippen LogP contribution in [0.1, 0.15) is 19.8 Å². The van der Waals surface area contributed by atoms with E-state index in [4.69, 9.17) is 4.74 Å². The Kier molecular flexibility index (Phi) is 5.19. The molecule has 142 valence electrons. The van der Waals surface area contributed by atoms with Gasteiger partial charge in [-0.25, -0.2) is 13.1 Å². The topological polar surface area (TPSA) is 105 Å². The van der Waals surface area contributed by atoms with Crippen LogP contribution >= 0.6 is 0 Å². The van der Waals surface area contributed by atoms with Crippen molar-refractivity contribution in [3.63, 3.8) is 0 Å². The fourth-order valence-electron chi connectivity index (χ4n) is 3.26. The molecule has 1 aromatic rings. The smallest absolute Gasteiger partial charge is 0.244 e. The SMILES string of the molecule is CC(=O)NCC(=O)N1CCC2(CC1)CNS(=O)(=O)c1ccccc1OC2. The van der Waals surface area contributed by atoms with E-state index in [1.165, 1.54) is 13.0 Å². The van der Waals surface area contributed by atoms with Crippen LogP contribution in [-0.2, 0) is 19.6 Å². The second-order valence-electron chi connectivity index (χ2n) is 6.85. The van der Waals surface area contributed by atoms with Crippen molar-refractivity contribution in [3.8, 4) is 5.75 Å². The first-order valence-electron chi connectivity index (χ1n) is 8.55. The van der Waals surface area contributed by atoms with Crippen LogP contribution in [0.3, 0.4) is 0 Å². The van der Waals surface area contributed by atoms with E-state index in [9.17, 15) is 18.0 Å². The molecule has 9 heteroatoms. The number of ether oxygens (including phenoxy) is 1. The molecule has 0 unspecified atom stereocenters. The number of para-hydroxylation sites is 1. The molecule has 1 aromatic carbocycles. The van der Waals surface area contributed by atoms with E-state index in [2.05, 4.69) is 10.0 Å². The Hall–Kier alpha value is -2.13. The normalized spacial score (nSPS) is 21.0. The highest BCUT2D eigenvalue weighted by Crippen LogP contribution is 2.35. The molecule has 2 amide bonds. The van der Waals surface area contributed by atoms with Crippen molar-refractivity contribution in [2.45, 2.75) is 24.7 Å². The lowest BCUT2D eigenvalue weighted by Gasteiger charge is -2.42. The van der Waals surface area contributed by atoms with Crippen LogP contribution in [0.5, 0.6) is 5.75 Å². The Labute approximate surface area is 152 Å². The van der Waals surface area contributed by atoms with Crippen molar-refractivity contribution in [3.05, 3.63) is 24.3 Å². The molecule has 1 saturated heterocycles. The highest BCUT2D eigenvalue weighted by molar-refractivity contribution is 7.89. The number of fused-ring (bicyclic) bond motifs is 1. The number of sulfonamides is 1. The maximum Gasteiger partial charge on any atom is 0.244 e. The summed E-state index contributed by atoms with van der Waals surface area (Å²) in [6.07, 6.45) is 1.26. The van der Waals surface area contributed by atoms with Crippen LogP contribution in [0, 0.1) is 5.41 Å². The van der Waals surface area contributed by atoms with Gasteiger partial charge in [0, 0.05) is 32.0 Å². The summed E-state index contributed by atoms with van der Waals surface area (Å²) >= 11 is 0. The second-order valence-corrected chi connectivity index (χ2v) is 8.59. The average molecular weight is 381 g/mol. The third-order valence-electron chi connectivity index (χ3n) is 4.98. The molecule has 26 heavy (non-hydrogen) atoms. The molecule has 8 nitrogen and oxygen atoms in total. The van der Waals surface area contributed by atoms with E-state index < -0.39 is 10.0 Å². The summed E-state index contributed by atoms with van der Waals surface area (Å²) in [5, 5.41) is 2.51. The first-order valence-corrected chi connectivity index (χ1v) is 10.0. The van der Waals surface area contributed by atoms with Crippen molar-refractivity contribution >= 4 is 21.8 Å². The summed E-state index contributed by atoms with van der Waals surface area (Å²) in [7, 11) is -3.63. The van der Waals surface area contributed by atoms with Crippen molar-refractivity contribution in [2.75, 3.05) is 32.8 Å². The number of rotatable bonds is 2. The molecule has 0 aromatic heterocycles. The molecule has 2 heterocycles. The molecular formula is C17H23N3O5S. The molecule has 3 rings (SSSR count). The minimum Gasteiger partial charge on any atom is -0.492 e. The van der Waals surface area contributed by atoms with Crippen LogP contribution < -0.4 is 14.8 Å². The molecule has 0 atom stereocenters. The van der Waals surface area contributed by atoms with Gasteiger partial charge in [0.1, 0.15) is 10.6 Å². The third-order valence-corrected chi connectivity index (χ3v) is 6.42. The van der Waals surface area contributed by atoms with Gasteiger partial charge in [-0.1, -0.05) is 12.1 Å². The maximum absolute atomic E-state index is 12.5. The monoisotopic (exact) mass is 381 g/mol. The van der Waals surface area contributed by atoms with Crippen molar-refractivity contribution in [1.29, 1.82) is 0 Å². The van der Waals surface area contributed by atoms with E-state index in [1.54, 1.807) is 23.1 Å². The lowest BCUT2D eigenvalue weighted by molar-refractivity contribution is -0.134. The van der Waals surface area contributed by atoms with E-state index in [0.29, 0.717) is 38.3 Å². The summed E-state index contributed by atoms with van der Waals surface area (Å²) in [4.78, 5) is 24.9. The highest BCUT2D eigenvalue weighted by atomic mass is 32.2. The van der Waals surface area contributed by atoms with Crippen LogP contribution in [0.2, 0.25) is 0 Å². The fraction of sp³-hybridized carbons (Fsp3) is 0.529. The minimum atomic E-state index is -3.63. The number of carbonyl (C=O) groups is 2. The number of nitrogens with one attached hydrogen (secondary N) is 2. The molecule has 1 spiro atoms. The number of amides is 2. The number of nitrogens with zero attached hydrogens (tertiary/aromatic N) is 1. The maximum atomic E-state index is 12.5. The molecule has 0 aliphatic carbocycles. The summed E-state index contributed by atoms with van der Waals surface area (Å²) < 4.78 is 33.5. The largest absolute Gasteiger partial charge is 0.492 e. The quantitative estimate of drug-likeness (QED) is 0.756. The number of benzene rings is 1. The number of hydrogen-bond acceptors (Lipinski definition) is 5. The van der Waals surface area contributed by atoms with Gasteiger partial charge in [0.15, 0.2) is 0 Å². The molecule has 0 bridgehead atoms. The first-order chi connectivity index (χ1) is 12.3. The van der Waals surface area contributed by atoms with Crippen LogP contribution in [0.4, 0.5) is 0 Å². The first kappa shape index (κ1) is 18.7. The van der Waals surface area contributed by atoms with Crippen LogP contribution in [0.25, 0.3) is 0 Å². The summed E-state index contributed by atoms with van der Waals surface area (Å²) in [6, 6.07) is 6.59. The third kappa shape index (κ3) is 3.99. The van der Waals surface area contributed by atoms with Crippen molar-refractivity contribution in [2.24, 2.45) is 5.41 Å². The van der Waals surface area contributed by atoms with Gasteiger partial charge >= 0.3 is 0 Å². The van der Waals surface area contributed by atoms with Gasteiger partial charge in [-0.3, -0.25) is 9.59 Å². The summed E-state index contributed by atoms with van der Waals surface area (Å²) in [5.41, 5.74) is -0.356. The Balaban J connectivity index is 1.68. The number of likely N-dealkylation sites (tertiary alicyclic amines) is 1. The summed E-state index contributed by atoms with van der Waals surface area (Å²) in [5.74, 6) is -0.0238. The lowest BCUT2D eigenvalue weighted by Crippen LogP contribution is -2.52. The molecule has 0 saturated carbocycles. The van der Waals surface area contributed by atoms with E-state index in [-0.39, 0.29) is 35.2 Å². The summed E-state index contributed by atoms with van der Waals surface area (Å²) in [6.45, 7) is 3.03. The molecule has 2 aliphatic rings. The standard InChI is InChI=1S/C17H23N3O5S/c1-13(21)18-10-16(22)20-8-6-17(7-9-20)11-19-26(23,24)15-5-3-2-4-14(15)25-12-17/h2-5,19H,6-12H2,1H3,(H,18,21). The van der Waals surface area contributed by atoms with Gasteiger partial charge in [-0.2, -0.15) is 0 Å². The van der Waals surface area contributed by atoms with Gasteiger partial charge < -0.3 is 15.0 Å². The highest BCUT2D eigenvalue weighted by Gasteiger charge is 2.39. The zero-order valence-electron chi connectivity index (χ0n) is 14.7. The Morgan fingerprint density at radius 2 is 1.96 bits per heavy atom. The second kappa shape index (κ2) is 7.24. The molecular weight excluding hydrogens is 358 g/mol. The Morgan fingerprint density at radius 1 is 1.27 bits per heavy atom. The average Bonchev–Trinajstić information content (AvgIpc) is 2.63. The predicted molar refractivity (Wildman–Crippen MR) is 94.1 cm³/mol. The van der Waals surface area contributed by atoms with Gasteiger partial charge in [-0.15, -0.1) is 0 Å². The van der Waals surface area contributed by atoms with Crippen molar-refractivity contribution in [1.82, 2.24) is 14.9 Å². The van der Waals surface area contributed by atoms with Gasteiger partial charge in [0.05, 0.1) is 13.2 Å². The number of hydrogen-bond donors (Lipinski definition) is 2. The van der Waals surface area contributed by atoms with E-state index in [0.717, 1.165) is 0 Å². The van der Waals surface area contributed by atoms with Gasteiger partial charge in [0.2, 0.25) is 21.8 Å². The zero-order valence-corrected chi connectivity index (χ0v) is 15.5.